The Kier molecular flexibility index (Phi) is 3.39. The van der Waals surface area contributed by atoms with Gasteiger partial charge in [0.25, 0.3) is 0 Å². The van der Waals surface area contributed by atoms with Gasteiger partial charge in [0.15, 0.2) is 5.69 Å². The van der Waals surface area contributed by atoms with Crippen molar-refractivity contribution in [3.8, 4) is 0 Å². The number of hydrogen-bond acceptors (Lipinski definition) is 4. The summed E-state index contributed by atoms with van der Waals surface area (Å²) in [6.07, 6.45) is 1.79. The average Bonchev–Trinajstić information content (AvgIpc) is 2.48. The molecule has 0 saturated carbocycles. The van der Waals surface area contributed by atoms with E-state index in [-0.39, 0.29) is 12.2 Å². The van der Waals surface area contributed by atoms with Gasteiger partial charge in [-0.05, 0) is 12.8 Å². The van der Waals surface area contributed by atoms with E-state index >= 15 is 0 Å². The Hall–Kier alpha value is -0.940. The molecule has 13 heavy (non-hydrogen) atoms. The van der Waals surface area contributed by atoms with Gasteiger partial charge >= 0.3 is 5.97 Å². The van der Waals surface area contributed by atoms with Gasteiger partial charge < -0.3 is 10.8 Å². The van der Waals surface area contributed by atoms with Crippen LogP contribution in [-0.4, -0.2) is 16.1 Å². The second-order valence-electron chi connectivity index (χ2n) is 2.64. The summed E-state index contributed by atoms with van der Waals surface area (Å²) in [4.78, 5) is 15.4. The van der Waals surface area contributed by atoms with Crippen molar-refractivity contribution < 1.29 is 9.90 Å². The molecule has 72 valence electrons. The van der Waals surface area contributed by atoms with Crippen molar-refractivity contribution in [3.63, 3.8) is 0 Å². The standard InChI is InChI=1S/C8H12N2O2S/c1-2-3-6-10-7(8(11)12)5(4-9)13-6/h2-4,9H2,1H3,(H,11,12). The minimum absolute atomic E-state index is 0.121. The normalized spacial score (nSPS) is 10.3. The van der Waals surface area contributed by atoms with E-state index in [9.17, 15) is 4.79 Å². The second-order valence-corrected chi connectivity index (χ2v) is 3.81. The van der Waals surface area contributed by atoms with Gasteiger partial charge in [0, 0.05) is 6.54 Å². The summed E-state index contributed by atoms with van der Waals surface area (Å²) in [7, 11) is 0. The lowest BCUT2D eigenvalue weighted by atomic mass is 10.3. The third-order valence-electron chi connectivity index (χ3n) is 1.59. The minimum Gasteiger partial charge on any atom is -0.476 e. The van der Waals surface area contributed by atoms with E-state index in [1.807, 2.05) is 6.92 Å². The second kappa shape index (κ2) is 4.34. The Morgan fingerprint density at radius 1 is 1.69 bits per heavy atom. The molecule has 0 spiro atoms. The van der Waals surface area contributed by atoms with Crippen molar-refractivity contribution in [1.29, 1.82) is 0 Å². The van der Waals surface area contributed by atoms with E-state index in [0.29, 0.717) is 4.88 Å². The number of nitrogens with two attached hydrogens (primary N) is 1. The molecule has 0 aliphatic heterocycles. The first kappa shape index (κ1) is 10.1. The molecule has 5 heteroatoms. The van der Waals surface area contributed by atoms with Gasteiger partial charge in [0.1, 0.15) is 0 Å². The molecular weight excluding hydrogens is 188 g/mol. The van der Waals surface area contributed by atoms with E-state index in [4.69, 9.17) is 10.8 Å². The molecule has 3 N–H and O–H groups in total. The summed E-state index contributed by atoms with van der Waals surface area (Å²) < 4.78 is 0. The van der Waals surface area contributed by atoms with Crippen LogP contribution in [0.5, 0.6) is 0 Å². The predicted octanol–water partition coefficient (Wildman–Crippen LogP) is 1.25. The number of carboxylic acid groups (broad SMARTS) is 1. The Labute approximate surface area is 80.4 Å². The highest BCUT2D eigenvalue weighted by molar-refractivity contribution is 7.11. The van der Waals surface area contributed by atoms with Crippen molar-refractivity contribution in [2.75, 3.05) is 0 Å². The van der Waals surface area contributed by atoms with Crippen molar-refractivity contribution in [1.82, 2.24) is 4.98 Å². The predicted molar refractivity (Wildman–Crippen MR) is 51.0 cm³/mol. The number of carbonyl (C=O) groups is 1. The molecule has 1 heterocycles. The summed E-state index contributed by atoms with van der Waals surface area (Å²) in [5.74, 6) is -0.987. The van der Waals surface area contributed by atoms with Gasteiger partial charge in [-0.1, -0.05) is 6.92 Å². The van der Waals surface area contributed by atoms with Crippen LogP contribution in [0.3, 0.4) is 0 Å². The number of aryl methyl sites for hydroxylation is 1. The maximum absolute atomic E-state index is 10.7. The highest BCUT2D eigenvalue weighted by Gasteiger charge is 2.15. The van der Waals surface area contributed by atoms with Crippen molar-refractivity contribution in [2.24, 2.45) is 5.73 Å². The summed E-state index contributed by atoms with van der Waals surface area (Å²) >= 11 is 1.40. The summed E-state index contributed by atoms with van der Waals surface area (Å²) in [6, 6.07) is 0. The number of aromatic carboxylic acids is 1. The molecule has 1 aromatic rings. The largest absolute Gasteiger partial charge is 0.476 e. The third-order valence-corrected chi connectivity index (χ3v) is 2.73. The van der Waals surface area contributed by atoms with E-state index in [1.165, 1.54) is 11.3 Å². The maximum atomic E-state index is 10.7. The van der Waals surface area contributed by atoms with Gasteiger partial charge in [0.2, 0.25) is 0 Å². The highest BCUT2D eigenvalue weighted by atomic mass is 32.1. The smallest absolute Gasteiger partial charge is 0.355 e. The molecule has 0 saturated heterocycles. The van der Waals surface area contributed by atoms with Crippen LogP contribution in [-0.2, 0) is 13.0 Å². The number of carboxylic acids is 1. The molecule has 0 aromatic carbocycles. The first-order chi connectivity index (χ1) is 6.19. The van der Waals surface area contributed by atoms with Crippen molar-refractivity contribution >= 4 is 17.3 Å². The van der Waals surface area contributed by atoms with Gasteiger partial charge in [-0.2, -0.15) is 0 Å². The molecule has 1 rings (SSSR count). The average molecular weight is 200 g/mol. The molecule has 4 nitrogen and oxygen atoms in total. The molecule has 0 fully saturated rings. The minimum atomic E-state index is -0.987. The topological polar surface area (TPSA) is 76.2 Å². The van der Waals surface area contributed by atoms with Crippen LogP contribution < -0.4 is 5.73 Å². The lowest BCUT2D eigenvalue weighted by molar-refractivity contribution is 0.0690. The van der Waals surface area contributed by atoms with Gasteiger partial charge in [-0.3, -0.25) is 0 Å². The molecule has 1 aromatic heterocycles. The fraction of sp³-hybridized carbons (Fsp3) is 0.500. The molecule has 0 amide bonds. The zero-order valence-electron chi connectivity index (χ0n) is 7.41. The summed E-state index contributed by atoms with van der Waals surface area (Å²) in [5.41, 5.74) is 5.53. The van der Waals surface area contributed by atoms with Crippen LogP contribution in [0.25, 0.3) is 0 Å². The fourth-order valence-electron chi connectivity index (χ4n) is 1.03. The fourth-order valence-corrected chi connectivity index (χ4v) is 2.07. The van der Waals surface area contributed by atoms with Gasteiger partial charge in [-0.15, -0.1) is 11.3 Å². The Bertz CT molecular complexity index is 309. The zero-order chi connectivity index (χ0) is 9.84. The number of nitrogens with zero attached hydrogens (tertiary/aromatic N) is 1. The van der Waals surface area contributed by atoms with Crippen molar-refractivity contribution in [3.05, 3.63) is 15.6 Å². The molecule has 0 bridgehead atoms. The quantitative estimate of drug-likeness (QED) is 0.767. The zero-order valence-corrected chi connectivity index (χ0v) is 8.23. The van der Waals surface area contributed by atoms with Crippen molar-refractivity contribution in [2.45, 2.75) is 26.3 Å². The Morgan fingerprint density at radius 3 is 2.77 bits per heavy atom. The molecule has 0 atom stereocenters. The first-order valence-electron chi connectivity index (χ1n) is 4.11. The van der Waals surface area contributed by atoms with Crippen LogP contribution in [0.2, 0.25) is 0 Å². The van der Waals surface area contributed by atoms with Gasteiger partial charge in [0.05, 0.1) is 9.88 Å². The van der Waals surface area contributed by atoms with Crippen LogP contribution >= 0.6 is 11.3 Å². The SMILES string of the molecule is CCCc1nc(C(=O)O)c(CN)s1. The van der Waals surface area contributed by atoms with Crippen LogP contribution in [0, 0.1) is 0 Å². The van der Waals surface area contributed by atoms with E-state index in [2.05, 4.69) is 4.98 Å². The Balaban J connectivity index is 2.97. The summed E-state index contributed by atoms with van der Waals surface area (Å²) in [6.45, 7) is 2.28. The maximum Gasteiger partial charge on any atom is 0.355 e. The number of aromatic nitrogens is 1. The molecule has 0 aliphatic carbocycles. The molecular formula is C8H12N2O2S. The van der Waals surface area contributed by atoms with E-state index in [1.54, 1.807) is 0 Å². The van der Waals surface area contributed by atoms with Crippen LogP contribution in [0.4, 0.5) is 0 Å². The van der Waals surface area contributed by atoms with E-state index < -0.39 is 5.97 Å². The van der Waals surface area contributed by atoms with Crippen LogP contribution in [0.15, 0.2) is 0 Å². The van der Waals surface area contributed by atoms with Gasteiger partial charge in [-0.25, -0.2) is 9.78 Å². The first-order valence-corrected chi connectivity index (χ1v) is 4.92. The molecule has 0 radical (unpaired) electrons. The number of hydrogen-bond donors (Lipinski definition) is 2. The lowest BCUT2D eigenvalue weighted by Crippen LogP contribution is -2.04. The lowest BCUT2D eigenvalue weighted by Gasteiger charge is -1.89. The van der Waals surface area contributed by atoms with E-state index in [0.717, 1.165) is 17.8 Å². The number of thiazole rings is 1. The highest BCUT2D eigenvalue weighted by Crippen LogP contribution is 2.19. The third kappa shape index (κ3) is 2.26. The monoisotopic (exact) mass is 200 g/mol. The Morgan fingerprint density at radius 2 is 2.38 bits per heavy atom. The van der Waals surface area contributed by atoms with Crippen LogP contribution in [0.1, 0.15) is 33.7 Å². The summed E-state index contributed by atoms with van der Waals surface area (Å²) in [5, 5.41) is 9.63. The molecule has 0 unspecified atom stereocenters. The number of rotatable bonds is 4. The molecule has 0 aliphatic rings.